The second-order valence-corrected chi connectivity index (χ2v) is 5.16. The van der Waals surface area contributed by atoms with E-state index in [4.69, 9.17) is 16.2 Å². The maximum atomic E-state index is 10.9. The highest BCUT2D eigenvalue weighted by Gasteiger charge is 2.10. The number of halogens is 1. The van der Waals surface area contributed by atoms with E-state index in [0.29, 0.717) is 5.88 Å². The number of benzene rings is 1. The van der Waals surface area contributed by atoms with Crippen molar-refractivity contribution in [2.75, 3.05) is 5.88 Å². The predicted molar refractivity (Wildman–Crippen MR) is 60.0 cm³/mol. The Bertz CT molecular complexity index is 440. The van der Waals surface area contributed by atoms with Crippen molar-refractivity contribution in [3.63, 3.8) is 0 Å². The van der Waals surface area contributed by atoms with E-state index in [-0.39, 0.29) is 4.90 Å². The van der Waals surface area contributed by atoms with Gasteiger partial charge in [0.25, 0.3) is 10.1 Å². The fraction of sp³-hybridized carbons (Fsp3) is 0.400. The zero-order valence-corrected chi connectivity index (χ0v) is 9.98. The molecule has 0 amide bonds. The Kier molecular flexibility index (Phi) is 4.13. The minimum Gasteiger partial charge on any atom is -0.282 e. The minimum atomic E-state index is -4.10. The van der Waals surface area contributed by atoms with Crippen molar-refractivity contribution in [3.8, 4) is 0 Å². The maximum absolute atomic E-state index is 10.9. The number of hydrogen-bond donors (Lipinski definition) is 1. The first-order valence-corrected chi connectivity index (χ1v) is 6.55. The third-order valence-corrected chi connectivity index (χ3v) is 3.32. The van der Waals surface area contributed by atoms with E-state index in [9.17, 15) is 8.42 Å². The molecule has 1 aromatic carbocycles. The molecule has 0 spiro atoms. The van der Waals surface area contributed by atoms with Crippen LogP contribution < -0.4 is 0 Å². The molecule has 5 heteroatoms. The Labute approximate surface area is 94.8 Å². The van der Waals surface area contributed by atoms with Gasteiger partial charge in [-0.1, -0.05) is 6.07 Å². The Morgan fingerprint density at radius 3 is 2.60 bits per heavy atom. The first kappa shape index (κ1) is 12.5. The van der Waals surface area contributed by atoms with Gasteiger partial charge in [-0.15, -0.1) is 11.6 Å². The van der Waals surface area contributed by atoms with E-state index in [1.807, 2.05) is 6.92 Å². The van der Waals surface area contributed by atoms with Gasteiger partial charge in [-0.3, -0.25) is 4.55 Å². The summed E-state index contributed by atoms with van der Waals surface area (Å²) in [6.45, 7) is 1.90. The van der Waals surface area contributed by atoms with Crippen LogP contribution >= 0.6 is 11.6 Å². The summed E-state index contributed by atoms with van der Waals surface area (Å²) in [6.07, 6.45) is 1.51. The second kappa shape index (κ2) is 4.96. The predicted octanol–water partition coefficient (Wildman–Crippen LogP) is 2.41. The molecule has 0 aliphatic carbocycles. The third-order valence-electron chi connectivity index (χ3n) is 2.20. The van der Waals surface area contributed by atoms with Crippen LogP contribution in [0, 0.1) is 6.92 Å². The molecule has 15 heavy (non-hydrogen) atoms. The van der Waals surface area contributed by atoms with Gasteiger partial charge < -0.3 is 0 Å². The molecule has 0 unspecified atom stereocenters. The van der Waals surface area contributed by atoms with Gasteiger partial charge in [-0.2, -0.15) is 8.42 Å². The summed E-state index contributed by atoms with van der Waals surface area (Å²) in [4.78, 5) is -0.0577. The van der Waals surface area contributed by atoms with Crippen LogP contribution in [0.4, 0.5) is 0 Å². The van der Waals surface area contributed by atoms with Gasteiger partial charge in [-0.25, -0.2) is 0 Å². The van der Waals surface area contributed by atoms with Crippen molar-refractivity contribution >= 4 is 21.7 Å². The van der Waals surface area contributed by atoms with Crippen molar-refractivity contribution < 1.29 is 13.0 Å². The Morgan fingerprint density at radius 2 is 2.07 bits per heavy atom. The van der Waals surface area contributed by atoms with Gasteiger partial charge in [-0.05, 0) is 43.0 Å². The first-order valence-electron chi connectivity index (χ1n) is 4.58. The van der Waals surface area contributed by atoms with Crippen molar-refractivity contribution in [2.24, 2.45) is 0 Å². The molecule has 1 aromatic rings. The van der Waals surface area contributed by atoms with E-state index in [0.717, 1.165) is 24.0 Å². The molecule has 3 nitrogen and oxygen atoms in total. The van der Waals surface area contributed by atoms with E-state index in [2.05, 4.69) is 0 Å². The molecule has 0 aromatic heterocycles. The molecule has 1 N–H and O–H groups in total. The lowest BCUT2D eigenvalue weighted by Gasteiger charge is -2.06. The zero-order chi connectivity index (χ0) is 11.5. The molecule has 0 atom stereocenters. The molecular formula is C10H13ClO3S. The Balaban J connectivity index is 3.06. The van der Waals surface area contributed by atoms with E-state index < -0.39 is 10.1 Å². The van der Waals surface area contributed by atoms with Crippen LogP contribution in [0.1, 0.15) is 17.5 Å². The molecule has 0 aliphatic heterocycles. The van der Waals surface area contributed by atoms with E-state index >= 15 is 0 Å². The summed E-state index contributed by atoms with van der Waals surface area (Å²) < 4.78 is 30.7. The molecule has 0 bridgehead atoms. The minimum absolute atomic E-state index is 0.0577. The average molecular weight is 249 g/mol. The largest absolute Gasteiger partial charge is 0.294 e. The van der Waals surface area contributed by atoms with E-state index in [1.54, 1.807) is 6.07 Å². The summed E-state index contributed by atoms with van der Waals surface area (Å²) in [6, 6.07) is 4.58. The van der Waals surface area contributed by atoms with Crippen molar-refractivity contribution in [2.45, 2.75) is 24.7 Å². The van der Waals surface area contributed by atoms with Gasteiger partial charge in [0, 0.05) is 5.88 Å². The monoisotopic (exact) mass is 248 g/mol. The summed E-state index contributed by atoms with van der Waals surface area (Å²) in [5.74, 6) is 0.537. The fourth-order valence-corrected chi connectivity index (χ4v) is 2.00. The highest BCUT2D eigenvalue weighted by Crippen LogP contribution is 2.17. The van der Waals surface area contributed by atoms with Crippen LogP contribution in [-0.4, -0.2) is 18.9 Å². The summed E-state index contributed by atoms with van der Waals surface area (Å²) >= 11 is 5.57. The number of hydrogen-bond acceptors (Lipinski definition) is 2. The lowest BCUT2D eigenvalue weighted by atomic mass is 10.0. The molecular weight excluding hydrogens is 236 g/mol. The summed E-state index contributed by atoms with van der Waals surface area (Å²) in [5, 5.41) is 0. The maximum Gasteiger partial charge on any atom is 0.294 e. The van der Waals surface area contributed by atoms with Crippen LogP contribution in [0.5, 0.6) is 0 Å². The quantitative estimate of drug-likeness (QED) is 0.658. The van der Waals surface area contributed by atoms with Gasteiger partial charge in [0.05, 0.1) is 4.90 Å². The second-order valence-electron chi connectivity index (χ2n) is 3.36. The van der Waals surface area contributed by atoms with Crippen LogP contribution in [0.15, 0.2) is 23.1 Å². The normalized spacial score (nSPS) is 11.7. The smallest absolute Gasteiger partial charge is 0.282 e. The van der Waals surface area contributed by atoms with Gasteiger partial charge in [0.2, 0.25) is 0 Å². The molecule has 0 fully saturated rings. The van der Waals surface area contributed by atoms with Crippen LogP contribution in [0.3, 0.4) is 0 Å². The Hall–Kier alpha value is -0.580. The standard InChI is InChI=1S/C10H13ClO3S/c1-8-4-5-10(15(12,13)14)7-9(8)3-2-6-11/h4-5,7H,2-3,6H2,1H3,(H,12,13,14). The van der Waals surface area contributed by atoms with Crippen molar-refractivity contribution in [3.05, 3.63) is 29.3 Å². The molecule has 0 aliphatic rings. The molecule has 0 radical (unpaired) electrons. The zero-order valence-electron chi connectivity index (χ0n) is 8.40. The van der Waals surface area contributed by atoms with Gasteiger partial charge >= 0.3 is 0 Å². The SMILES string of the molecule is Cc1ccc(S(=O)(=O)O)cc1CCCCl. The highest BCUT2D eigenvalue weighted by molar-refractivity contribution is 7.85. The molecule has 84 valence electrons. The Morgan fingerprint density at radius 1 is 1.40 bits per heavy atom. The molecule has 1 rings (SSSR count). The first-order chi connectivity index (χ1) is 6.95. The van der Waals surface area contributed by atoms with Crippen LogP contribution in [0.2, 0.25) is 0 Å². The van der Waals surface area contributed by atoms with Crippen LogP contribution in [-0.2, 0) is 16.5 Å². The highest BCUT2D eigenvalue weighted by atomic mass is 35.5. The third kappa shape index (κ3) is 3.48. The lowest BCUT2D eigenvalue weighted by Crippen LogP contribution is -2.00. The average Bonchev–Trinajstić information content (AvgIpc) is 2.15. The lowest BCUT2D eigenvalue weighted by molar-refractivity contribution is 0.483. The number of alkyl halides is 1. The molecule has 0 saturated carbocycles. The topological polar surface area (TPSA) is 54.4 Å². The number of aryl methyl sites for hydroxylation is 2. The van der Waals surface area contributed by atoms with Crippen LogP contribution in [0.25, 0.3) is 0 Å². The summed E-state index contributed by atoms with van der Waals surface area (Å²) in [7, 11) is -4.10. The van der Waals surface area contributed by atoms with Gasteiger partial charge in [0.15, 0.2) is 0 Å². The van der Waals surface area contributed by atoms with E-state index in [1.165, 1.54) is 12.1 Å². The molecule has 0 heterocycles. The van der Waals surface area contributed by atoms with Crippen molar-refractivity contribution in [1.82, 2.24) is 0 Å². The fourth-order valence-electron chi connectivity index (χ4n) is 1.33. The van der Waals surface area contributed by atoms with Crippen molar-refractivity contribution in [1.29, 1.82) is 0 Å². The van der Waals surface area contributed by atoms with Gasteiger partial charge in [0.1, 0.15) is 0 Å². The summed E-state index contributed by atoms with van der Waals surface area (Å²) in [5.41, 5.74) is 1.92. The number of rotatable bonds is 4. The molecule has 0 saturated heterocycles.